The van der Waals surface area contributed by atoms with Crippen molar-refractivity contribution in [3.05, 3.63) is 0 Å². The smallest absolute Gasteiger partial charge is 1.00 e. The minimum absolute atomic E-state index is 0. The third-order valence-electron chi connectivity index (χ3n) is 0. The number of carboxylic acid groups (broad SMARTS) is 2. The van der Waals surface area contributed by atoms with E-state index in [1.807, 2.05) is 0 Å². The van der Waals surface area contributed by atoms with Crippen LogP contribution in [0.3, 0.4) is 0 Å². The van der Waals surface area contributed by atoms with Crippen LogP contribution < -0.4 is 85.9 Å². The topological polar surface area (TPSA) is 57.5 Å². The van der Waals surface area contributed by atoms with Crippen molar-refractivity contribution < 1.29 is 101 Å². The average molecular weight is 275 g/mol. The van der Waals surface area contributed by atoms with E-state index in [2.05, 4.69) is 0 Å². The Morgan fingerprint density at radius 1 is 1.33 bits per heavy atom. The summed E-state index contributed by atoms with van der Waals surface area (Å²) in [7, 11) is 0. The van der Waals surface area contributed by atoms with Crippen LogP contribution in [0.25, 0.3) is 0 Å². The monoisotopic (exact) mass is 274 g/mol. The molecule has 0 aliphatic carbocycles. The molecule has 6 heavy (non-hydrogen) atoms. The third-order valence-corrected chi connectivity index (χ3v) is 0. The van der Waals surface area contributed by atoms with E-state index >= 15 is 0 Å². The van der Waals surface area contributed by atoms with Crippen LogP contribution in [0.2, 0.25) is 0 Å². The summed E-state index contributed by atoms with van der Waals surface area (Å²) in [5.41, 5.74) is 0. The van der Waals surface area contributed by atoms with Crippen LogP contribution in [-0.2, 0) is 0 Å². The Labute approximate surface area is 104 Å². The molecule has 0 spiro atoms. The Bertz CT molecular complexity index is 33.8. The summed E-state index contributed by atoms with van der Waals surface area (Å²) in [6.45, 7) is 0. The summed E-state index contributed by atoms with van der Waals surface area (Å²) in [6, 6.07) is 0. The molecule has 0 unspecified atom stereocenters. The van der Waals surface area contributed by atoms with Gasteiger partial charge in [-0.15, -0.1) is 0 Å². The predicted molar refractivity (Wildman–Crippen MR) is 10.7 cm³/mol. The van der Waals surface area contributed by atoms with E-state index in [-0.39, 0.29) is 85.9 Å². The number of carbonyl (C=O) groups is 1. The van der Waals surface area contributed by atoms with Gasteiger partial charge in [0, 0.05) is 0 Å². The molecule has 32 valence electrons. The largest absolute Gasteiger partial charge is 1.00 e. The summed E-state index contributed by atoms with van der Waals surface area (Å²) < 4.78 is 0. The second-order valence-electron chi connectivity index (χ2n) is 0.283. The third kappa shape index (κ3) is 41.2. The van der Waals surface area contributed by atoms with Crippen LogP contribution in [0.15, 0.2) is 0 Å². The van der Waals surface area contributed by atoms with Gasteiger partial charge in [-0.3, -0.25) is 0 Å². The van der Waals surface area contributed by atoms with Crippen LogP contribution in [0.4, 0.5) is 4.79 Å². The molecule has 0 radical (unpaired) electrons. The van der Waals surface area contributed by atoms with E-state index in [0.29, 0.717) is 0 Å². The average Bonchev–Trinajstić information content (AvgIpc) is 0.811. The number of hydrogen-bond donors (Lipinski definition) is 2. The Hall–Kier alpha value is 1.80. The van der Waals surface area contributed by atoms with E-state index < -0.39 is 6.16 Å². The van der Waals surface area contributed by atoms with Gasteiger partial charge in [-0.2, -0.15) is 0 Å². The molecule has 0 aliphatic heterocycles. The molecule has 0 aromatic rings. The minimum atomic E-state index is -1.83. The molecule has 0 amide bonds. The molecule has 0 atom stereocenters. The summed E-state index contributed by atoms with van der Waals surface area (Å²) >= 11 is 0. The zero-order valence-corrected chi connectivity index (χ0v) is 11.0. The quantitative estimate of drug-likeness (QED) is 0.463. The Morgan fingerprint density at radius 3 is 1.33 bits per heavy atom. The number of rotatable bonds is 0. The first kappa shape index (κ1) is 15.7. The number of halogens is 1. The van der Waals surface area contributed by atoms with Crippen molar-refractivity contribution in [1.82, 2.24) is 0 Å². The first-order valence-electron chi connectivity index (χ1n) is 0.651. The normalized spacial score (nSPS) is 4.00. The summed E-state index contributed by atoms with van der Waals surface area (Å²) in [5, 5.41) is 13.9. The standard InChI is InChI=1S/CH2O3.BrH.Cs/c2-1(3)4;;/h(H2,2,3,4);1H;/q;;+1/p-1. The molecule has 2 N–H and O–H groups in total. The summed E-state index contributed by atoms with van der Waals surface area (Å²) in [4.78, 5) is 8.56. The van der Waals surface area contributed by atoms with E-state index in [4.69, 9.17) is 15.0 Å². The van der Waals surface area contributed by atoms with Crippen molar-refractivity contribution >= 4 is 6.16 Å². The van der Waals surface area contributed by atoms with E-state index in [1.165, 1.54) is 0 Å². The molecule has 5 heteroatoms. The van der Waals surface area contributed by atoms with Crippen LogP contribution in [0.5, 0.6) is 0 Å². The van der Waals surface area contributed by atoms with Gasteiger partial charge in [-0.25, -0.2) is 4.79 Å². The zero-order valence-electron chi connectivity index (χ0n) is 3.18. The van der Waals surface area contributed by atoms with Gasteiger partial charge in [-0.1, -0.05) is 0 Å². The molecule has 0 aliphatic rings. The van der Waals surface area contributed by atoms with E-state index in [1.54, 1.807) is 0 Å². The Balaban J connectivity index is -0.0000000450. The van der Waals surface area contributed by atoms with Gasteiger partial charge in [-0.05, 0) is 0 Å². The van der Waals surface area contributed by atoms with Crippen molar-refractivity contribution in [2.45, 2.75) is 0 Å². The van der Waals surface area contributed by atoms with Gasteiger partial charge in [0.25, 0.3) is 0 Å². The second kappa shape index (κ2) is 9.93. The second-order valence-corrected chi connectivity index (χ2v) is 0.283. The molecule has 0 rings (SSSR count). The minimum Gasteiger partial charge on any atom is -1.00 e. The van der Waals surface area contributed by atoms with Gasteiger partial charge < -0.3 is 27.2 Å². The van der Waals surface area contributed by atoms with Crippen LogP contribution >= 0.6 is 0 Å². The van der Waals surface area contributed by atoms with Crippen LogP contribution in [-0.4, -0.2) is 16.4 Å². The maximum atomic E-state index is 8.56. The van der Waals surface area contributed by atoms with E-state index in [9.17, 15) is 0 Å². The van der Waals surface area contributed by atoms with Crippen molar-refractivity contribution in [1.29, 1.82) is 0 Å². The fraction of sp³-hybridized carbons (Fsp3) is 0. The molecule has 0 aromatic carbocycles. The van der Waals surface area contributed by atoms with Crippen molar-refractivity contribution in [3.63, 3.8) is 0 Å². The molecule has 3 nitrogen and oxygen atoms in total. The SMILES string of the molecule is O=C(O)O.[Br-].[Cs+]. The fourth-order valence-corrected chi connectivity index (χ4v) is 0. The molecular weight excluding hydrogens is 273 g/mol. The van der Waals surface area contributed by atoms with Crippen LogP contribution in [0, 0.1) is 0 Å². The van der Waals surface area contributed by atoms with Crippen molar-refractivity contribution in [2.75, 3.05) is 0 Å². The van der Waals surface area contributed by atoms with E-state index in [0.717, 1.165) is 0 Å². The van der Waals surface area contributed by atoms with Gasteiger partial charge in [0.2, 0.25) is 0 Å². The first-order chi connectivity index (χ1) is 1.73. The predicted octanol–water partition coefficient (Wildman–Crippen LogP) is -5.77. The van der Waals surface area contributed by atoms with Gasteiger partial charge in [0.15, 0.2) is 0 Å². The Morgan fingerprint density at radius 2 is 1.33 bits per heavy atom. The molecule has 0 saturated carbocycles. The van der Waals surface area contributed by atoms with Gasteiger partial charge in [0.05, 0.1) is 0 Å². The summed E-state index contributed by atoms with van der Waals surface area (Å²) in [6.07, 6.45) is -1.83. The fourth-order valence-electron chi connectivity index (χ4n) is 0. The molecule has 0 aromatic heterocycles. The molecule has 0 saturated heterocycles. The molecular formula is CH2BrCsO3. The first-order valence-corrected chi connectivity index (χ1v) is 0.651. The summed E-state index contributed by atoms with van der Waals surface area (Å²) in [5.74, 6) is 0. The van der Waals surface area contributed by atoms with Crippen LogP contribution in [0.1, 0.15) is 0 Å². The van der Waals surface area contributed by atoms with Crippen molar-refractivity contribution in [3.8, 4) is 0 Å². The van der Waals surface area contributed by atoms with Gasteiger partial charge >= 0.3 is 75.0 Å². The van der Waals surface area contributed by atoms with Gasteiger partial charge in [0.1, 0.15) is 0 Å². The molecule has 0 bridgehead atoms. The maximum Gasteiger partial charge on any atom is 1.00 e. The number of hydrogen-bond acceptors (Lipinski definition) is 1. The maximum absolute atomic E-state index is 8.56. The van der Waals surface area contributed by atoms with Crippen molar-refractivity contribution in [2.24, 2.45) is 0 Å². The molecule has 0 heterocycles. The molecule has 0 fully saturated rings. The zero-order chi connectivity index (χ0) is 3.58. The Kier molecular flexibility index (Phi) is 25.9.